The summed E-state index contributed by atoms with van der Waals surface area (Å²) in [5, 5.41) is 2.38. The highest BCUT2D eigenvalue weighted by atomic mass is 32.1. The number of nitrogen functional groups attached to an aromatic ring is 1. The molecule has 0 bridgehead atoms. The highest BCUT2D eigenvalue weighted by molar-refractivity contribution is 7.13. The Labute approximate surface area is 243 Å². The summed E-state index contributed by atoms with van der Waals surface area (Å²) in [5.74, 6) is -0.387. The van der Waals surface area contributed by atoms with Gasteiger partial charge < -0.3 is 15.5 Å². The Morgan fingerprint density at radius 3 is 2.17 bits per heavy atom. The van der Waals surface area contributed by atoms with E-state index in [0.717, 1.165) is 28.1 Å². The maximum Gasteiger partial charge on any atom is 0.254 e. The highest BCUT2D eigenvalue weighted by Gasteiger charge is 2.27. The molecule has 7 nitrogen and oxygen atoms in total. The van der Waals surface area contributed by atoms with Crippen molar-refractivity contribution in [2.75, 3.05) is 12.3 Å². The van der Waals surface area contributed by atoms with Crippen molar-refractivity contribution in [2.24, 2.45) is 0 Å². The summed E-state index contributed by atoms with van der Waals surface area (Å²) >= 11 is 1.37. The molecule has 41 heavy (non-hydrogen) atoms. The number of carbonyl (C=O) groups is 2. The van der Waals surface area contributed by atoms with Gasteiger partial charge in [-0.15, -0.1) is 11.3 Å². The maximum absolute atomic E-state index is 14.0. The molecule has 0 unspecified atom stereocenters. The molecule has 5 rings (SSSR count). The number of hydrogen-bond donors (Lipinski definition) is 1. The number of pyridine rings is 1. The van der Waals surface area contributed by atoms with Crippen LogP contribution in [0.25, 0.3) is 11.3 Å². The van der Waals surface area contributed by atoms with Crippen molar-refractivity contribution in [2.45, 2.75) is 26.1 Å². The average Bonchev–Trinajstić information content (AvgIpc) is 3.46. The molecule has 2 heterocycles. The highest BCUT2D eigenvalue weighted by Crippen LogP contribution is 2.25. The monoisotopic (exact) mass is 561 g/mol. The molecule has 2 amide bonds. The zero-order chi connectivity index (χ0) is 28.6. The van der Waals surface area contributed by atoms with Crippen molar-refractivity contribution in [1.29, 1.82) is 0 Å². The molecule has 0 spiro atoms. The SMILES string of the molecule is C[C@@H](c1ccccc1)N(Cc1ccccn1)C(=O)CN(Cc1ccccc1)C(=O)c1ccc(-c2csc(N)n2)cc1. The van der Waals surface area contributed by atoms with E-state index in [1.54, 1.807) is 28.1 Å². The van der Waals surface area contributed by atoms with Gasteiger partial charge in [0.2, 0.25) is 5.91 Å². The first kappa shape index (κ1) is 27.7. The second-order valence-corrected chi connectivity index (χ2v) is 10.6. The summed E-state index contributed by atoms with van der Waals surface area (Å²) in [7, 11) is 0. The van der Waals surface area contributed by atoms with E-state index in [1.165, 1.54) is 11.3 Å². The van der Waals surface area contributed by atoms with Crippen molar-refractivity contribution in [3.05, 3.63) is 137 Å². The van der Waals surface area contributed by atoms with Crippen LogP contribution in [0.1, 0.15) is 40.1 Å². The van der Waals surface area contributed by atoms with Crippen LogP contribution in [0.2, 0.25) is 0 Å². The number of hydrogen-bond acceptors (Lipinski definition) is 6. The molecule has 0 aliphatic heterocycles. The number of benzene rings is 3. The van der Waals surface area contributed by atoms with Crippen LogP contribution in [-0.4, -0.2) is 38.1 Å². The standard InChI is InChI=1S/C33H31N5O2S/c1-24(26-12-6-3-7-13-26)38(21-29-14-8-9-19-35-29)31(39)22-37(20-25-10-4-2-5-11-25)32(40)28-17-15-27(16-18-28)30-23-41-33(34)36-30/h2-19,23-24H,20-22H2,1H3,(H2,34,36)/t24-/m0/s1. The number of rotatable bonds is 10. The predicted octanol–water partition coefficient (Wildman–Crippen LogP) is 6.22. The minimum absolute atomic E-state index is 0.0812. The molecule has 0 saturated heterocycles. The van der Waals surface area contributed by atoms with Gasteiger partial charge in [0.25, 0.3) is 5.91 Å². The minimum Gasteiger partial charge on any atom is -0.375 e. The molecular formula is C33H31N5O2S. The fourth-order valence-corrected chi connectivity index (χ4v) is 5.23. The fourth-order valence-electron chi connectivity index (χ4n) is 4.66. The average molecular weight is 562 g/mol. The summed E-state index contributed by atoms with van der Waals surface area (Å²) in [4.78, 5) is 40.1. The number of nitrogens with two attached hydrogens (primary N) is 1. The van der Waals surface area contributed by atoms with E-state index in [9.17, 15) is 9.59 Å². The van der Waals surface area contributed by atoms with Gasteiger partial charge in [-0.25, -0.2) is 4.98 Å². The summed E-state index contributed by atoms with van der Waals surface area (Å²) in [5.41, 5.74) is 10.7. The topological polar surface area (TPSA) is 92.4 Å². The summed E-state index contributed by atoms with van der Waals surface area (Å²) in [6, 6.07) is 32.3. The first-order chi connectivity index (χ1) is 20.0. The molecule has 0 radical (unpaired) electrons. The van der Waals surface area contributed by atoms with Crippen LogP contribution in [0.4, 0.5) is 5.13 Å². The Morgan fingerprint density at radius 1 is 0.854 bits per heavy atom. The van der Waals surface area contributed by atoms with Crippen LogP contribution < -0.4 is 5.73 Å². The van der Waals surface area contributed by atoms with Gasteiger partial charge in [0, 0.05) is 29.2 Å². The largest absolute Gasteiger partial charge is 0.375 e. The van der Waals surface area contributed by atoms with Crippen molar-refractivity contribution < 1.29 is 9.59 Å². The van der Waals surface area contributed by atoms with E-state index in [1.807, 2.05) is 103 Å². The van der Waals surface area contributed by atoms with Gasteiger partial charge >= 0.3 is 0 Å². The molecule has 206 valence electrons. The normalized spacial score (nSPS) is 11.5. The Bertz CT molecular complexity index is 1570. The first-order valence-corrected chi connectivity index (χ1v) is 14.2. The van der Waals surface area contributed by atoms with Gasteiger partial charge in [0.1, 0.15) is 6.54 Å². The van der Waals surface area contributed by atoms with Crippen molar-refractivity contribution in [3.8, 4) is 11.3 Å². The van der Waals surface area contributed by atoms with Gasteiger partial charge in [-0.1, -0.05) is 78.9 Å². The van der Waals surface area contributed by atoms with Crippen molar-refractivity contribution in [3.63, 3.8) is 0 Å². The number of carbonyl (C=O) groups excluding carboxylic acids is 2. The van der Waals surface area contributed by atoms with Crippen LogP contribution in [-0.2, 0) is 17.9 Å². The van der Waals surface area contributed by atoms with Gasteiger partial charge in [-0.3, -0.25) is 14.6 Å². The molecule has 2 aromatic heterocycles. The van der Waals surface area contributed by atoms with E-state index in [2.05, 4.69) is 9.97 Å². The number of thiazole rings is 1. The Balaban J connectivity index is 1.42. The van der Waals surface area contributed by atoms with Crippen LogP contribution in [0.3, 0.4) is 0 Å². The third kappa shape index (κ3) is 7.04. The molecule has 0 aliphatic rings. The molecule has 0 aliphatic carbocycles. The Hall–Kier alpha value is -4.82. The van der Waals surface area contributed by atoms with Crippen molar-refractivity contribution in [1.82, 2.24) is 19.8 Å². The van der Waals surface area contributed by atoms with Crippen LogP contribution in [0.15, 0.2) is 115 Å². The van der Waals surface area contributed by atoms with Gasteiger partial charge in [0.05, 0.1) is 24.0 Å². The summed E-state index contributed by atoms with van der Waals surface area (Å²) < 4.78 is 0. The third-order valence-electron chi connectivity index (χ3n) is 6.91. The van der Waals surface area contributed by atoms with Crippen molar-refractivity contribution >= 4 is 28.3 Å². The lowest BCUT2D eigenvalue weighted by Crippen LogP contribution is -2.43. The second-order valence-electron chi connectivity index (χ2n) is 9.72. The lowest BCUT2D eigenvalue weighted by molar-refractivity contribution is -0.135. The zero-order valence-corrected chi connectivity index (χ0v) is 23.6. The third-order valence-corrected chi connectivity index (χ3v) is 7.58. The summed E-state index contributed by atoms with van der Waals surface area (Å²) in [6.45, 7) is 2.55. The fraction of sp³-hybridized carbons (Fsp3) is 0.152. The van der Waals surface area contributed by atoms with Crippen LogP contribution in [0, 0.1) is 0 Å². The number of aromatic nitrogens is 2. The first-order valence-electron chi connectivity index (χ1n) is 13.4. The van der Waals surface area contributed by atoms with E-state index in [0.29, 0.717) is 23.8 Å². The number of nitrogens with zero attached hydrogens (tertiary/aromatic N) is 4. The number of amides is 2. The minimum atomic E-state index is -0.225. The Morgan fingerprint density at radius 2 is 1.54 bits per heavy atom. The summed E-state index contributed by atoms with van der Waals surface area (Å²) in [6.07, 6.45) is 1.72. The molecule has 1 atom stereocenters. The van der Waals surface area contributed by atoms with Gasteiger partial charge in [-0.2, -0.15) is 0 Å². The zero-order valence-electron chi connectivity index (χ0n) is 22.8. The van der Waals surface area contributed by atoms with Crippen LogP contribution >= 0.6 is 11.3 Å². The maximum atomic E-state index is 14.0. The number of anilines is 1. The molecule has 0 saturated carbocycles. The predicted molar refractivity (Wildman–Crippen MR) is 163 cm³/mol. The molecular weight excluding hydrogens is 530 g/mol. The quantitative estimate of drug-likeness (QED) is 0.219. The van der Waals surface area contributed by atoms with Gasteiger partial charge in [-0.05, 0) is 42.3 Å². The molecule has 2 N–H and O–H groups in total. The smallest absolute Gasteiger partial charge is 0.254 e. The Kier molecular flexibility index (Phi) is 8.81. The van der Waals surface area contributed by atoms with E-state index in [4.69, 9.17) is 5.73 Å². The lowest BCUT2D eigenvalue weighted by atomic mass is 10.1. The van der Waals surface area contributed by atoms with Crippen LogP contribution in [0.5, 0.6) is 0 Å². The molecule has 5 aromatic rings. The molecule has 8 heteroatoms. The molecule has 0 fully saturated rings. The lowest BCUT2D eigenvalue weighted by Gasteiger charge is -2.32. The van der Waals surface area contributed by atoms with Gasteiger partial charge in [0.15, 0.2) is 5.13 Å². The second kappa shape index (κ2) is 13.0. The molecule has 3 aromatic carbocycles. The van der Waals surface area contributed by atoms with E-state index >= 15 is 0 Å². The van der Waals surface area contributed by atoms with E-state index < -0.39 is 0 Å². The van der Waals surface area contributed by atoms with E-state index in [-0.39, 0.29) is 24.4 Å².